The van der Waals surface area contributed by atoms with Crippen LogP contribution in [0, 0.1) is 18.4 Å². The third-order valence-corrected chi connectivity index (χ3v) is 4.94. The van der Waals surface area contributed by atoms with Gasteiger partial charge in [0.05, 0.1) is 6.54 Å². The van der Waals surface area contributed by atoms with Gasteiger partial charge in [-0.05, 0) is 37.5 Å². The number of amides is 1. The fourth-order valence-corrected chi connectivity index (χ4v) is 3.99. The molecule has 0 radical (unpaired) electrons. The van der Waals surface area contributed by atoms with Gasteiger partial charge >= 0.3 is 6.17 Å². The second kappa shape index (κ2) is 4.89. The molecule has 0 aromatic carbocycles. The van der Waals surface area contributed by atoms with Crippen molar-refractivity contribution in [3.8, 4) is 0 Å². The molecule has 1 saturated heterocycles. The maximum Gasteiger partial charge on any atom is 0.300 e. The Morgan fingerprint density at radius 2 is 2.22 bits per heavy atom. The van der Waals surface area contributed by atoms with Crippen molar-refractivity contribution in [1.29, 1.82) is 0 Å². The van der Waals surface area contributed by atoms with E-state index in [4.69, 9.17) is 6.57 Å². The number of hydrogen-bond acceptors (Lipinski definition) is 2. The maximum atomic E-state index is 12.1. The highest BCUT2D eigenvalue weighted by Gasteiger charge is 2.40. The Balaban J connectivity index is 1.48. The Bertz CT molecular complexity index is 376. The summed E-state index contributed by atoms with van der Waals surface area (Å²) < 4.78 is 0. The van der Waals surface area contributed by atoms with E-state index in [0.29, 0.717) is 12.6 Å². The molecule has 4 nitrogen and oxygen atoms in total. The lowest BCUT2D eigenvalue weighted by Gasteiger charge is -2.24. The van der Waals surface area contributed by atoms with Crippen molar-refractivity contribution in [3.63, 3.8) is 0 Å². The monoisotopic (exact) mass is 247 g/mol. The summed E-state index contributed by atoms with van der Waals surface area (Å²) in [6, 6.07) is 0.557. The average molecular weight is 247 g/mol. The van der Waals surface area contributed by atoms with Crippen molar-refractivity contribution >= 4 is 5.91 Å². The molecule has 2 aliphatic carbocycles. The molecule has 2 saturated carbocycles. The van der Waals surface area contributed by atoms with Gasteiger partial charge in [0.2, 0.25) is 5.91 Å². The molecule has 4 heteroatoms. The van der Waals surface area contributed by atoms with Gasteiger partial charge in [-0.2, -0.15) is 0 Å². The number of nitrogens with zero attached hydrogens (tertiary/aromatic N) is 2. The van der Waals surface area contributed by atoms with Gasteiger partial charge in [-0.25, -0.2) is 6.57 Å². The normalized spacial score (nSPS) is 38.1. The van der Waals surface area contributed by atoms with Crippen molar-refractivity contribution in [3.05, 3.63) is 11.4 Å². The topological polar surface area (TPSA) is 36.7 Å². The summed E-state index contributed by atoms with van der Waals surface area (Å²) in [5.41, 5.74) is 0. The summed E-state index contributed by atoms with van der Waals surface area (Å²) in [6.07, 6.45) is 6.98. The summed E-state index contributed by atoms with van der Waals surface area (Å²) >= 11 is 0. The van der Waals surface area contributed by atoms with Crippen LogP contribution in [0.4, 0.5) is 0 Å². The smallest absolute Gasteiger partial charge is 0.300 e. The van der Waals surface area contributed by atoms with Crippen molar-refractivity contribution in [1.82, 2.24) is 10.2 Å². The zero-order chi connectivity index (χ0) is 12.5. The first-order valence-corrected chi connectivity index (χ1v) is 7.17. The van der Waals surface area contributed by atoms with E-state index >= 15 is 0 Å². The van der Waals surface area contributed by atoms with E-state index in [2.05, 4.69) is 10.2 Å². The standard InChI is InChI=1S/C14H21N3O/c1-15-13-3-2-6-17(13)14(18)9-16-12-8-10-4-5-11(12)7-10/h10-13,16H,2-9H2/t10?,11?,12-,13-/m0/s1. The molecule has 0 aromatic heterocycles. The van der Waals surface area contributed by atoms with Crippen LogP contribution in [-0.4, -0.2) is 36.1 Å². The lowest BCUT2D eigenvalue weighted by atomic mass is 9.95. The van der Waals surface area contributed by atoms with E-state index in [9.17, 15) is 4.79 Å². The van der Waals surface area contributed by atoms with E-state index < -0.39 is 0 Å². The van der Waals surface area contributed by atoms with Crippen LogP contribution >= 0.6 is 0 Å². The van der Waals surface area contributed by atoms with E-state index in [0.717, 1.165) is 31.2 Å². The van der Waals surface area contributed by atoms with Crippen LogP contribution in [0.5, 0.6) is 0 Å². The Labute approximate surface area is 109 Å². The summed E-state index contributed by atoms with van der Waals surface area (Å²) in [5.74, 6) is 1.83. The van der Waals surface area contributed by atoms with Gasteiger partial charge in [0.25, 0.3) is 0 Å². The van der Waals surface area contributed by atoms with Crippen molar-refractivity contribution in [2.45, 2.75) is 50.7 Å². The van der Waals surface area contributed by atoms with Crippen LogP contribution in [0.1, 0.15) is 38.5 Å². The molecule has 1 heterocycles. The van der Waals surface area contributed by atoms with Crippen molar-refractivity contribution in [2.24, 2.45) is 11.8 Å². The number of rotatable bonds is 3. The van der Waals surface area contributed by atoms with Gasteiger partial charge in [0.1, 0.15) is 0 Å². The second-order valence-electron chi connectivity index (χ2n) is 6.00. The first kappa shape index (κ1) is 12.0. The average Bonchev–Trinajstić information content (AvgIpc) is 3.10. The largest absolute Gasteiger partial charge is 0.305 e. The molecule has 3 fully saturated rings. The van der Waals surface area contributed by atoms with Gasteiger partial charge in [-0.15, -0.1) is 0 Å². The molecular formula is C14H21N3O. The molecule has 1 aliphatic heterocycles. The summed E-state index contributed by atoms with van der Waals surface area (Å²) in [6.45, 7) is 8.30. The number of likely N-dealkylation sites (tertiary alicyclic amines) is 1. The highest BCUT2D eigenvalue weighted by atomic mass is 16.2. The molecule has 1 N–H and O–H groups in total. The molecule has 1 amide bonds. The van der Waals surface area contributed by atoms with Crippen molar-refractivity contribution < 1.29 is 4.79 Å². The fourth-order valence-electron chi connectivity index (χ4n) is 3.99. The summed E-state index contributed by atoms with van der Waals surface area (Å²) in [5, 5.41) is 3.44. The maximum absolute atomic E-state index is 12.1. The second-order valence-corrected chi connectivity index (χ2v) is 6.00. The Morgan fingerprint density at radius 3 is 2.89 bits per heavy atom. The van der Waals surface area contributed by atoms with Crippen LogP contribution in [0.25, 0.3) is 4.85 Å². The number of fused-ring (bicyclic) bond motifs is 2. The molecule has 3 rings (SSSR count). The van der Waals surface area contributed by atoms with Crippen LogP contribution in [0.15, 0.2) is 0 Å². The zero-order valence-electron chi connectivity index (χ0n) is 10.8. The van der Waals surface area contributed by atoms with Gasteiger partial charge < -0.3 is 5.32 Å². The first-order chi connectivity index (χ1) is 8.78. The first-order valence-electron chi connectivity index (χ1n) is 7.17. The third-order valence-electron chi connectivity index (χ3n) is 4.94. The number of carbonyl (C=O) groups excluding carboxylic acids is 1. The summed E-state index contributed by atoms with van der Waals surface area (Å²) in [4.78, 5) is 17.4. The van der Waals surface area contributed by atoms with Gasteiger partial charge in [-0.1, -0.05) is 6.42 Å². The van der Waals surface area contributed by atoms with E-state index in [1.54, 1.807) is 4.90 Å². The molecule has 98 valence electrons. The lowest BCUT2D eigenvalue weighted by molar-refractivity contribution is -0.130. The Hall–Kier alpha value is -1.08. The van der Waals surface area contributed by atoms with Crippen LogP contribution < -0.4 is 5.32 Å². The van der Waals surface area contributed by atoms with E-state index in [-0.39, 0.29) is 12.1 Å². The highest BCUT2D eigenvalue weighted by molar-refractivity contribution is 5.79. The van der Waals surface area contributed by atoms with Crippen molar-refractivity contribution in [2.75, 3.05) is 13.1 Å². The number of carbonyl (C=O) groups is 1. The molecule has 4 atom stereocenters. The highest BCUT2D eigenvalue weighted by Crippen LogP contribution is 2.44. The van der Waals surface area contributed by atoms with Crippen LogP contribution in [0.2, 0.25) is 0 Å². The lowest BCUT2D eigenvalue weighted by Crippen LogP contribution is -2.44. The minimum Gasteiger partial charge on any atom is -0.305 e. The zero-order valence-corrected chi connectivity index (χ0v) is 10.8. The van der Waals surface area contributed by atoms with Gasteiger partial charge in [0, 0.05) is 19.0 Å². The Kier molecular flexibility index (Phi) is 3.25. The predicted octanol–water partition coefficient (Wildman–Crippen LogP) is 1.63. The predicted molar refractivity (Wildman–Crippen MR) is 68.6 cm³/mol. The molecule has 2 bridgehead atoms. The molecule has 2 unspecified atom stereocenters. The molecule has 18 heavy (non-hydrogen) atoms. The van der Waals surface area contributed by atoms with Gasteiger partial charge in [-0.3, -0.25) is 14.5 Å². The van der Waals surface area contributed by atoms with E-state index in [1.807, 2.05) is 0 Å². The molecule has 3 aliphatic rings. The van der Waals surface area contributed by atoms with Gasteiger partial charge in [0.15, 0.2) is 0 Å². The molecule has 0 aromatic rings. The fraction of sp³-hybridized carbons (Fsp3) is 0.857. The van der Waals surface area contributed by atoms with Crippen LogP contribution in [0.3, 0.4) is 0 Å². The quantitative estimate of drug-likeness (QED) is 0.770. The SMILES string of the molecule is [C-]#[N+][C@@H]1CCCN1C(=O)CN[C@H]1CC2CCC1C2. The van der Waals surface area contributed by atoms with E-state index in [1.165, 1.54) is 25.7 Å². The Morgan fingerprint density at radius 1 is 1.33 bits per heavy atom. The van der Waals surface area contributed by atoms with Crippen LogP contribution in [-0.2, 0) is 4.79 Å². The minimum atomic E-state index is -0.195. The third kappa shape index (κ3) is 2.12. The molecular weight excluding hydrogens is 226 g/mol. The number of nitrogens with one attached hydrogen (secondary N) is 1. The minimum absolute atomic E-state index is 0.122. The summed E-state index contributed by atoms with van der Waals surface area (Å²) in [7, 11) is 0. The number of hydrogen-bond donors (Lipinski definition) is 1. The molecule has 0 spiro atoms.